The molecule has 1 aromatic rings. The van der Waals surface area contributed by atoms with E-state index < -0.39 is 0 Å². The second kappa shape index (κ2) is 4.65. The highest BCUT2D eigenvalue weighted by Crippen LogP contribution is 2.08. The van der Waals surface area contributed by atoms with Crippen LogP contribution in [0.5, 0.6) is 0 Å². The molecule has 70 valence electrons. The molecule has 0 aliphatic rings. The molecule has 0 saturated carbocycles. The molecule has 1 rings (SSSR count). The van der Waals surface area contributed by atoms with E-state index in [2.05, 4.69) is 31.0 Å². The molecular weight excluding hydrogens is 160 g/mol. The molecule has 0 spiro atoms. The summed E-state index contributed by atoms with van der Waals surface area (Å²) in [5.74, 6) is 0. The summed E-state index contributed by atoms with van der Waals surface area (Å²) in [6, 6.07) is 10.5. The quantitative estimate of drug-likeness (QED) is 0.510. The van der Waals surface area contributed by atoms with Crippen LogP contribution in [0.4, 0.5) is 5.69 Å². The van der Waals surface area contributed by atoms with Crippen molar-refractivity contribution in [2.75, 3.05) is 11.9 Å². The summed E-state index contributed by atoms with van der Waals surface area (Å²) in [6.45, 7) is 4.13. The standard InChI is InChI=1S/C11H16N2/c1-10(2)12-9-13(3)11-7-5-4-6-8-11/h4-10H,1-3H3. The minimum absolute atomic E-state index is 0.353. The van der Waals surface area contributed by atoms with Gasteiger partial charge in [-0.25, -0.2) is 0 Å². The number of aliphatic imine (C=N–C) groups is 1. The van der Waals surface area contributed by atoms with Crippen LogP contribution in [0.2, 0.25) is 0 Å². The van der Waals surface area contributed by atoms with Gasteiger partial charge in [0, 0.05) is 18.8 Å². The van der Waals surface area contributed by atoms with E-state index in [4.69, 9.17) is 0 Å². The van der Waals surface area contributed by atoms with Crippen molar-refractivity contribution in [2.24, 2.45) is 4.99 Å². The first-order valence-corrected chi connectivity index (χ1v) is 4.51. The summed E-state index contributed by atoms with van der Waals surface area (Å²) >= 11 is 0. The van der Waals surface area contributed by atoms with Gasteiger partial charge in [-0.05, 0) is 26.0 Å². The Morgan fingerprint density at radius 1 is 1.23 bits per heavy atom. The summed E-state index contributed by atoms with van der Waals surface area (Å²) in [6.07, 6.45) is 1.86. The van der Waals surface area contributed by atoms with E-state index >= 15 is 0 Å². The van der Waals surface area contributed by atoms with E-state index in [-0.39, 0.29) is 0 Å². The zero-order valence-electron chi connectivity index (χ0n) is 8.44. The Balaban J connectivity index is 2.64. The van der Waals surface area contributed by atoms with E-state index in [1.165, 1.54) is 0 Å². The van der Waals surface area contributed by atoms with E-state index in [0.29, 0.717) is 6.04 Å². The molecule has 1 aromatic carbocycles. The lowest BCUT2D eigenvalue weighted by molar-refractivity contribution is 0.837. The highest BCUT2D eigenvalue weighted by molar-refractivity contribution is 5.78. The van der Waals surface area contributed by atoms with Crippen molar-refractivity contribution < 1.29 is 0 Å². The maximum Gasteiger partial charge on any atom is 0.0894 e. The van der Waals surface area contributed by atoms with Crippen molar-refractivity contribution in [3.8, 4) is 0 Å². The lowest BCUT2D eigenvalue weighted by Gasteiger charge is -2.12. The van der Waals surface area contributed by atoms with Gasteiger partial charge in [0.15, 0.2) is 0 Å². The molecule has 0 N–H and O–H groups in total. The van der Waals surface area contributed by atoms with Crippen molar-refractivity contribution in [3.05, 3.63) is 30.3 Å². The van der Waals surface area contributed by atoms with Crippen LogP contribution in [-0.2, 0) is 0 Å². The van der Waals surface area contributed by atoms with Crippen LogP contribution in [0.15, 0.2) is 35.3 Å². The normalized spacial score (nSPS) is 11.1. The Labute approximate surface area is 79.9 Å². The number of hydrogen-bond acceptors (Lipinski definition) is 1. The lowest BCUT2D eigenvalue weighted by Crippen LogP contribution is -2.15. The van der Waals surface area contributed by atoms with Crippen molar-refractivity contribution in [1.29, 1.82) is 0 Å². The van der Waals surface area contributed by atoms with Gasteiger partial charge in [0.25, 0.3) is 0 Å². The summed E-state index contributed by atoms with van der Waals surface area (Å²) in [7, 11) is 2.00. The Bertz CT molecular complexity index is 265. The Kier molecular flexibility index (Phi) is 3.50. The average molecular weight is 176 g/mol. The van der Waals surface area contributed by atoms with E-state index in [9.17, 15) is 0 Å². The van der Waals surface area contributed by atoms with Crippen molar-refractivity contribution in [1.82, 2.24) is 0 Å². The predicted octanol–water partition coefficient (Wildman–Crippen LogP) is 2.56. The topological polar surface area (TPSA) is 15.6 Å². The first-order valence-electron chi connectivity index (χ1n) is 4.51. The third-order valence-corrected chi connectivity index (χ3v) is 1.70. The molecule has 13 heavy (non-hydrogen) atoms. The van der Waals surface area contributed by atoms with E-state index in [1.807, 2.05) is 36.5 Å². The van der Waals surface area contributed by atoms with Crippen LogP contribution in [-0.4, -0.2) is 19.4 Å². The Hall–Kier alpha value is -1.31. The summed E-state index contributed by atoms with van der Waals surface area (Å²) in [4.78, 5) is 6.32. The Morgan fingerprint density at radius 2 is 1.85 bits per heavy atom. The third-order valence-electron chi connectivity index (χ3n) is 1.70. The van der Waals surface area contributed by atoms with Gasteiger partial charge in [0.05, 0.1) is 6.34 Å². The molecule has 0 radical (unpaired) electrons. The molecule has 2 heteroatoms. The molecule has 0 atom stereocenters. The minimum Gasteiger partial charge on any atom is -0.336 e. The van der Waals surface area contributed by atoms with Crippen molar-refractivity contribution in [3.63, 3.8) is 0 Å². The molecule has 2 nitrogen and oxygen atoms in total. The Morgan fingerprint density at radius 3 is 2.38 bits per heavy atom. The number of nitrogens with zero attached hydrogens (tertiary/aromatic N) is 2. The third kappa shape index (κ3) is 3.28. The first-order chi connectivity index (χ1) is 6.20. The van der Waals surface area contributed by atoms with Gasteiger partial charge < -0.3 is 4.90 Å². The van der Waals surface area contributed by atoms with Crippen molar-refractivity contribution in [2.45, 2.75) is 19.9 Å². The second-order valence-corrected chi connectivity index (χ2v) is 3.30. The molecule has 0 unspecified atom stereocenters. The van der Waals surface area contributed by atoms with E-state index in [1.54, 1.807) is 0 Å². The fraction of sp³-hybridized carbons (Fsp3) is 0.364. The smallest absolute Gasteiger partial charge is 0.0894 e. The van der Waals surface area contributed by atoms with Gasteiger partial charge in [-0.1, -0.05) is 18.2 Å². The molecule has 0 amide bonds. The molecule has 0 aliphatic heterocycles. The maximum absolute atomic E-state index is 4.30. The van der Waals surface area contributed by atoms with Gasteiger partial charge in [0.1, 0.15) is 0 Å². The molecule has 0 bridgehead atoms. The largest absolute Gasteiger partial charge is 0.336 e. The SMILES string of the molecule is CC(C)N=CN(C)c1ccccc1. The average Bonchev–Trinajstić information content (AvgIpc) is 2.15. The minimum atomic E-state index is 0.353. The van der Waals surface area contributed by atoms with Gasteiger partial charge in [0.2, 0.25) is 0 Å². The molecular formula is C11H16N2. The monoisotopic (exact) mass is 176 g/mol. The first kappa shape index (κ1) is 9.78. The van der Waals surface area contributed by atoms with E-state index in [0.717, 1.165) is 5.69 Å². The van der Waals surface area contributed by atoms with Crippen LogP contribution < -0.4 is 4.90 Å². The fourth-order valence-electron chi connectivity index (χ4n) is 0.963. The number of rotatable bonds is 3. The van der Waals surface area contributed by atoms with Crippen LogP contribution in [0.3, 0.4) is 0 Å². The zero-order valence-corrected chi connectivity index (χ0v) is 8.44. The second-order valence-electron chi connectivity index (χ2n) is 3.30. The van der Waals surface area contributed by atoms with Gasteiger partial charge >= 0.3 is 0 Å². The van der Waals surface area contributed by atoms with Gasteiger partial charge in [-0.3, -0.25) is 4.99 Å². The molecule has 0 fully saturated rings. The fourth-order valence-corrected chi connectivity index (χ4v) is 0.963. The van der Waals surface area contributed by atoms with Crippen molar-refractivity contribution >= 4 is 12.0 Å². The van der Waals surface area contributed by atoms with Gasteiger partial charge in [-0.2, -0.15) is 0 Å². The lowest BCUT2D eigenvalue weighted by atomic mass is 10.3. The highest BCUT2D eigenvalue weighted by Gasteiger charge is 1.94. The van der Waals surface area contributed by atoms with Crippen LogP contribution in [0.1, 0.15) is 13.8 Å². The summed E-state index contributed by atoms with van der Waals surface area (Å²) < 4.78 is 0. The zero-order chi connectivity index (χ0) is 9.68. The predicted molar refractivity (Wildman–Crippen MR) is 58.5 cm³/mol. The molecule has 0 saturated heterocycles. The molecule has 0 heterocycles. The number of para-hydroxylation sites is 1. The molecule has 0 aromatic heterocycles. The highest BCUT2D eigenvalue weighted by atomic mass is 15.1. The summed E-state index contributed by atoms with van der Waals surface area (Å²) in [5, 5.41) is 0. The number of anilines is 1. The van der Waals surface area contributed by atoms with Crippen LogP contribution >= 0.6 is 0 Å². The summed E-state index contributed by atoms with van der Waals surface area (Å²) in [5.41, 5.74) is 1.16. The van der Waals surface area contributed by atoms with Gasteiger partial charge in [-0.15, -0.1) is 0 Å². The van der Waals surface area contributed by atoms with Crippen LogP contribution in [0, 0.1) is 0 Å². The number of benzene rings is 1. The maximum atomic E-state index is 4.30. The molecule has 0 aliphatic carbocycles. The number of hydrogen-bond donors (Lipinski definition) is 0. The van der Waals surface area contributed by atoms with Crippen LogP contribution in [0.25, 0.3) is 0 Å².